The third kappa shape index (κ3) is 3.50. The number of nitrogens with zero attached hydrogens (tertiary/aromatic N) is 1. The predicted molar refractivity (Wildman–Crippen MR) is 98.9 cm³/mol. The number of sulfonamides is 2. The number of rotatable bonds is 4. The molecular formula is C17H20N2O4S2. The summed E-state index contributed by atoms with van der Waals surface area (Å²) in [7, 11) is -6.96. The Morgan fingerprint density at radius 1 is 1.04 bits per heavy atom. The van der Waals surface area contributed by atoms with Crippen LogP contribution in [0.4, 0.5) is 11.4 Å². The molecule has 0 aliphatic carbocycles. The van der Waals surface area contributed by atoms with E-state index < -0.39 is 20.0 Å². The van der Waals surface area contributed by atoms with E-state index in [1.807, 2.05) is 0 Å². The van der Waals surface area contributed by atoms with Crippen molar-refractivity contribution < 1.29 is 16.8 Å². The van der Waals surface area contributed by atoms with Crippen LogP contribution in [0.2, 0.25) is 0 Å². The Labute approximate surface area is 148 Å². The van der Waals surface area contributed by atoms with Crippen molar-refractivity contribution in [1.29, 1.82) is 0 Å². The molecule has 1 aliphatic heterocycles. The normalized spacial score (nSPS) is 16.8. The van der Waals surface area contributed by atoms with Gasteiger partial charge in [0, 0.05) is 12.2 Å². The van der Waals surface area contributed by atoms with Crippen LogP contribution in [0.1, 0.15) is 17.5 Å². The summed E-state index contributed by atoms with van der Waals surface area (Å²) >= 11 is 0. The first kappa shape index (κ1) is 17.8. The average molecular weight is 380 g/mol. The Morgan fingerprint density at radius 2 is 1.76 bits per heavy atom. The predicted octanol–water partition coefficient (Wildman–Crippen LogP) is 2.64. The summed E-state index contributed by atoms with van der Waals surface area (Å²) < 4.78 is 53.2. The monoisotopic (exact) mass is 380 g/mol. The number of anilines is 2. The Morgan fingerprint density at radius 3 is 2.36 bits per heavy atom. The van der Waals surface area contributed by atoms with E-state index in [1.165, 1.54) is 4.31 Å². The lowest BCUT2D eigenvalue weighted by Gasteiger charge is -2.20. The topological polar surface area (TPSA) is 83.6 Å². The van der Waals surface area contributed by atoms with Crippen molar-refractivity contribution in [2.45, 2.75) is 25.2 Å². The number of benzene rings is 2. The van der Waals surface area contributed by atoms with E-state index in [2.05, 4.69) is 4.72 Å². The highest BCUT2D eigenvalue weighted by atomic mass is 32.2. The number of hydrogen-bond acceptors (Lipinski definition) is 4. The van der Waals surface area contributed by atoms with E-state index in [0.717, 1.165) is 0 Å². The van der Waals surface area contributed by atoms with Gasteiger partial charge in [-0.1, -0.05) is 18.2 Å². The van der Waals surface area contributed by atoms with Gasteiger partial charge in [-0.3, -0.25) is 9.03 Å². The Balaban J connectivity index is 1.90. The lowest BCUT2D eigenvalue weighted by molar-refractivity contribution is 0.598. The first-order valence-corrected chi connectivity index (χ1v) is 11.0. The van der Waals surface area contributed by atoms with Crippen LogP contribution in [0.3, 0.4) is 0 Å². The van der Waals surface area contributed by atoms with Crippen molar-refractivity contribution in [3.63, 3.8) is 0 Å². The largest absolute Gasteiger partial charge is 0.280 e. The van der Waals surface area contributed by atoms with Gasteiger partial charge in [-0.2, -0.15) is 0 Å². The summed E-state index contributed by atoms with van der Waals surface area (Å²) in [6.45, 7) is 3.97. The SMILES string of the molecule is Cc1cc(NS(=O)(=O)c2ccccc2C)ccc1N1CCCS1(=O)=O. The summed E-state index contributed by atoms with van der Waals surface area (Å²) in [5, 5.41) is 0. The van der Waals surface area contributed by atoms with E-state index in [4.69, 9.17) is 0 Å². The molecule has 1 saturated heterocycles. The second kappa shape index (κ2) is 6.34. The van der Waals surface area contributed by atoms with E-state index in [-0.39, 0.29) is 10.6 Å². The van der Waals surface area contributed by atoms with Gasteiger partial charge in [0.25, 0.3) is 10.0 Å². The van der Waals surface area contributed by atoms with E-state index in [1.54, 1.807) is 56.3 Å². The van der Waals surface area contributed by atoms with Gasteiger partial charge >= 0.3 is 0 Å². The molecule has 0 saturated carbocycles. The molecule has 2 aromatic carbocycles. The van der Waals surface area contributed by atoms with Gasteiger partial charge in [0.2, 0.25) is 10.0 Å². The molecule has 1 N–H and O–H groups in total. The zero-order chi connectivity index (χ0) is 18.2. The Hall–Kier alpha value is -2.06. The van der Waals surface area contributed by atoms with E-state index in [9.17, 15) is 16.8 Å². The molecule has 0 unspecified atom stereocenters. The molecular weight excluding hydrogens is 360 g/mol. The van der Waals surface area contributed by atoms with Crippen molar-refractivity contribution in [3.05, 3.63) is 53.6 Å². The van der Waals surface area contributed by atoms with Crippen LogP contribution in [0.25, 0.3) is 0 Å². The summed E-state index contributed by atoms with van der Waals surface area (Å²) in [5.74, 6) is 0.147. The Kier molecular flexibility index (Phi) is 4.51. The van der Waals surface area contributed by atoms with Crippen LogP contribution in [0.5, 0.6) is 0 Å². The molecule has 0 atom stereocenters. The smallest absolute Gasteiger partial charge is 0.262 e. The van der Waals surface area contributed by atoms with Gasteiger partial charge in [0.1, 0.15) is 0 Å². The minimum Gasteiger partial charge on any atom is -0.280 e. The molecule has 0 spiro atoms. The quantitative estimate of drug-likeness (QED) is 0.884. The fraction of sp³-hybridized carbons (Fsp3) is 0.294. The maximum atomic E-state index is 12.6. The molecule has 25 heavy (non-hydrogen) atoms. The molecule has 2 aromatic rings. The van der Waals surface area contributed by atoms with Gasteiger partial charge in [-0.25, -0.2) is 16.8 Å². The lowest BCUT2D eigenvalue weighted by atomic mass is 10.2. The summed E-state index contributed by atoms with van der Waals surface area (Å²) in [5.41, 5.74) is 2.36. The van der Waals surface area contributed by atoms with Crippen LogP contribution < -0.4 is 9.03 Å². The van der Waals surface area contributed by atoms with Crippen molar-refractivity contribution in [1.82, 2.24) is 0 Å². The highest BCUT2D eigenvalue weighted by molar-refractivity contribution is 7.93. The third-order valence-electron chi connectivity index (χ3n) is 4.20. The van der Waals surface area contributed by atoms with Crippen LogP contribution in [0, 0.1) is 13.8 Å². The zero-order valence-corrected chi connectivity index (χ0v) is 15.7. The van der Waals surface area contributed by atoms with Gasteiger partial charge in [-0.05, 0) is 55.7 Å². The summed E-state index contributed by atoms with van der Waals surface area (Å²) in [6.07, 6.45) is 0.601. The summed E-state index contributed by atoms with van der Waals surface area (Å²) in [4.78, 5) is 0.221. The number of nitrogens with one attached hydrogen (secondary N) is 1. The highest BCUT2D eigenvalue weighted by Crippen LogP contribution is 2.30. The second-order valence-corrected chi connectivity index (χ2v) is 9.78. The molecule has 0 aromatic heterocycles. The maximum absolute atomic E-state index is 12.6. The van der Waals surface area contributed by atoms with Gasteiger partial charge in [-0.15, -0.1) is 0 Å². The molecule has 1 heterocycles. The molecule has 0 bridgehead atoms. The molecule has 0 amide bonds. The zero-order valence-electron chi connectivity index (χ0n) is 14.1. The fourth-order valence-electron chi connectivity index (χ4n) is 2.98. The number of hydrogen-bond donors (Lipinski definition) is 1. The second-order valence-electron chi connectivity index (χ2n) is 6.11. The van der Waals surface area contributed by atoms with Crippen molar-refractivity contribution >= 4 is 31.4 Å². The first-order chi connectivity index (χ1) is 11.7. The Bertz CT molecular complexity index is 1010. The fourth-order valence-corrected chi connectivity index (χ4v) is 5.90. The molecule has 6 nitrogen and oxygen atoms in total. The molecule has 8 heteroatoms. The van der Waals surface area contributed by atoms with Crippen LogP contribution in [0.15, 0.2) is 47.4 Å². The first-order valence-electron chi connectivity index (χ1n) is 7.90. The number of aryl methyl sites for hydroxylation is 2. The van der Waals surface area contributed by atoms with Crippen molar-refractivity contribution in [2.24, 2.45) is 0 Å². The van der Waals surface area contributed by atoms with Crippen LogP contribution in [-0.4, -0.2) is 29.1 Å². The third-order valence-corrected chi connectivity index (χ3v) is 7.60. The highest BCUT2D eigenvalue weighted by Gasteiger charge is 2.29. The van der Waals surface area contributed by atoms with E-state index in [0.29, 0.717) is 35.5 Å². The molecule has 1 fully saturated rings. The molecule has 134 valence electrons. The van der Waals surface area contributed by atoms with Crippen molar-refractivity contribution in [3.8, 4) is 0 Å². The summed E-state index contributed by atoms with van der Waals surface area (Å²) in [6, 6.07) is 11.6. The van der Waals surface area contributed by atoms with Gasteiger partial charge in [0.15, 0.2) is 0 Å². The molecule has 3 rings (SSSR count). The molecule has 1 aliphatic rings. The maximum Gasteiger partial charge on any atom is 0.262 e. The average Bonchev–Trinajstić information content (AvgIpc) is 2.86. The van der Waals surface area contributed by atoms with Crippen LogP contribution >= 0.6 is 0 Å². The van der Waals surface area contributed by atoms with E-state index >= 15 is 0 Å². The molecule has 0 radical (unpaired) electrons. The standard InChI is InChI=1S/C17H20N2O4S2/c1-13-6-3-4-7-17(13)25(22,23)18-15-8-9-16(14(2)12-15)19-10-5-11-24(19,20)21/h3-4,6-9,12,18H,5,10-11H2,1-2H3. The van der Waals surface area contributed by atoms with Gasteiger partial charge < -0.3 is 0 Å². The lowest BCUT2D eigenvalue weighted by Crippen LogP contribution is -2.25. The van der Waals surface area contributed by atoms with Crippen LogP contribution in [-0.2, 0) is 20.0 Å². The minimum atomic E-state index is -3.70. The van der Waals surface area contributed by atoms with Gasteiger partial charge in [0.05, 0.1) is 16.3 Å². The minimum absolute atomic E-state index is 0.147. The van der Waals surface area contributed by atoms with Crippen molar-refractivity contribution in [2.75, 3.05) is 21.3 Å².